The van der Waals surface area contributed by atoms with E-state index in [1.54, 1.807) is 0 Å². The highest BCUT2D eigenvalue weighted by Gasteiger charge is 2.07. The Labute approximate surface area is 144 Å². The molecule has 3 rings (SSSR count). The van der Waals surface area contributed by atoms with Crippen LogP contribution in [-0.2, 0) is 0 Å². The van der Waals surface area contributed by atoms with Crippen molar-refractivity contribution >= 4 is 33.2 Å². The lowest BCUT2D eigenvalue weighted by Crippen LogP contribution is -2.21. The lowest BCUT2D eigenvalue weighted by Gasteiger charge is -2.22. The maximum absolute atomic E-state index is 4.84. The van der Waals surface area contributed by atoms with Crippen LogP contribution in [0.2, 0.25) is 0 Å². The molecule has 0 saturated carbocycles. The summed E-state index contributed by atoms with van der Waals surface area (Å²) in [4.78, 5) is 9.59. The molecule has 1 aromatic heterocycles. The average molecular weight is 321 g/mol. The molecular weight excluding hydrogens is 294 g/mol. The van der Waals surface area contributed by atoms with Crippen LogP contribution in [0, 0.1) is 0 Å². The summed E-state index contributed by atoms with van der Waals surface area (Å²) in [5.41, 5.74) is 4.67. The molecule has 0 amide bonds. The van der Waals surface area contributed by atoms with E-state index in [2.05, 4.69) is 80.0 Å². The Bertz CT molecular complexity index is 766. The third-order valence-corrected chi connectivity index (χ3v) is 4.83. The van der Waals surface area contributed by atoms with Crippen LogP contribution in [0.1, 0.15) is 27.7 Å². The highest BCUT2D eigenvalue weighted by Crippen LogP contribution is 2.27. The van der Waals surface area contributed by atoms with Crippen molar-refractivity contribution < 1.29 is 0 Å². The normalized spacial score (nSPS) is 11.2. The van der Waals surface area contributed by atoms with E-state index in [9.17, 15) is 0 Å². The highest BCUT2D eigenvalue weighted by molar-refractivity contribution is 5.95. The molecule has 3 aromatic rings. The van der Waals surface area contributed by atoms with E-state index < -0.39 is 0 Å². The first kappa shape index (κ1) is 16.6. The SMILES string of the molecule is CCN(CC)c1ccc2nc3ccc(N(CC)CC)cc3cc2c1. The lowest BCUT2D eigenvalue weighted by molar-refractivity contribution is 0.867. The van der Waals surface area contributed by atoms with Crippen LogP contribution in [0.15, 0.2) is 42.5 Å². The van der Waals surface area contributed by atoms with Gasteiger partial charge in [-0.1, -0.05) is 0 Å². The number of fused-ring (bicyclic) bond motifs is 2. The van der Waals surface area contributed by atoms with Crippen LogP contribution in [0.25, 0.3) is 21.8 Å². The van der Waals surface area contributed by atoms with E-state index in [1.807, 2.05) is 0 Å². The molecule has 0 unspecified atom stereocenters. The summed E-state index contributed by atoms with van der Waals surface area (Å²) in [5, 5.41) is 2.42. The Kier molecular flexibility index (Phi) is 4.89. The van der Waals surface area contributed by atoms with Crippen molar-refractivity contribution in [3.63, 3.8) is 0 Å². The van der Waals surface area contributed by atoms with Gasteiger partial charge in [-0.3, -0.25) is 0 Å². The summed E-state index contributed by atoms with van der Waals surface area (Å²) in [6, 6.07) is 15.4. The van der Waals surface area contributed by atoms with Gasteiger partial charge in [0.05, 0.1) is 11.0 Å². The molecule has 1 heterocycles. The lowest BCUT2D eigenvalue weighted by atomic mass is 10.1. The van der Waals surface area contributed by atoms with E-state index in [0.717, 1.165) is 37.2 Å². The zero-order valence-electron chi connectivity index (χ0n) is 15.2. The van der Waals surface area contributed by atoms with Crippen molar-refractivity contribution in [2.45, 2.75) is 27.7 Å². The minimum atomic E-state index is 1.02. The van der Waals surface area contributed by atoms with Gasteiger partial charge in [-0.05, 0) is 70.2 Å². The van der Waals surface area contributed by atoms with Gasteiger partial charge < -0.3 is 9.80 Å². The maximum atomic E-state index is 4.84. The van der Waals surface area contributed by atoms with Crippen LogP contribution < -0.4 is 9.80 Å². The summed E-state index contributed by atoms with van der Waals surface area (Å²) in [6.07, 6.45) is 0. The zero-order valence-corrected chi connectivity index (χ0v) is 15.2. The van der Waals surface area contributed by atoms with Gasteiger partial charge in [-0.2, -0.15) is 0 Å². The second-order valence-corrected chi connectivity index (χ2v) is 6.09. The fraction of sp³-hybridized carbons (Fsp3) is 0.381. The highest BCUT2D eigenvalue weighted by atomic mass is 15.1. The Hall–Kier alpha value is -2.29. The standard InChI is InChI=1S/C21H27N3/c1-5-23(6-2)18-9-11-20-16(14-18)13-17-15-19(24(7-3)8-4)10-12-21(17)22-20/h9-15H,5-8H2,1-4H3. The summed E-state index contributed by atoms with van der Waals surface area (Å²) < 4.78 is 0. The van der Waals surface area contributed by atoms with E-state index in [4.69, 9.17) is 4.98 Å². The van der Waals surface area contributed by atoms with E-state index in [-0.39, 0.29) is 0 Å². The predicted molar refractivity (Wildman–Crippen MR) is 106 cm³/mol. The van der Waals surface area contributed by atoms with Gasteiger partial charge >= 0.3 is 0 Å². The molecule has 0 fully saturated rings. The quantitative estimate of drug-likeness (QED) is 0.590. The molecule has 0 aliphatic carbocycles. The first-order valence-corrected chi connectivity index (χ1v) is 9.04. The molecule has 2 aromatic carbocycles. The molecule has 0 aliphatic heterocycles. The Morgan fingerprint density at radius 3 is 1.42 bits per heavy atom. The first-order valence-electron chi connectivity index (χ1n) is 9.04. The fourth-order valence-corrected chi connectivity index (χ4v) is 3.39. The molecule has 0 N–H and O–H groups in total. The van der Waals surface area contributed by atoms with E-state index >= 15 is 0 Å². The van der Waals surface area contributed by atoms with Gasteiger partial charge in [0.1, 0.15) is 0 Å². The number of hydrogen-bond donors (Lipinski definition) is 0. The van der Waals surface area contributed by atoms with Crippen molar-refractivity contribution in [1.29, 1.82) is 0 Å². The smallest absolute Gasteiger partial charge is 0.0711 e. The van der Waals surface area contributed by atoms with Crippen molar-refractivity contribution in [2.24, 2.45) is 0 Å². The topological polar surface area (TPSA) is 19.4 Å². The van der Waals surface area contributed by atoms with Crippen molar-refractivity contribution in [2.75, 3.05) is 36.0 Å². The van der Waals surface area contributed by atoms with Crippen LogP contribution >= 0.6 is 0 Å². The largest absolute Gasteiger partial charge is 0.372 e. The number of hydrogen-bond acceptors (Lipinski definition) is 3. The molecular formula is C21H27N3. The molecule has 3 nitrogen and oxygen atoms in total. The molecule has 0 aliphatic rings. The number of rotatable bonds is 6. The van der Waals surface area contributed by atoms with Gasteiger partial charge in [0, 0.05) is 48.3 Å². The van der Waals surface area contributed by atoms with Gasteiger partial charge in [0.25, 0.3) is 0 Å². The minimum absolute atomic E-state index is 1.02. The first-order chi connectivity index (χ1) is 11.7. The number of nitrogens with zero attached hydrogens (tertiary/aromatic N) is 3. The second kappa shape index (κ2) is 7.08. The van der Waals surface area contributed by atoms with Gasteiger partial charge in [0.15, 0.2) is 0 Å². The van der Waals surface area contributed by atoms with Crippen molar-refractivity contribution in [1.82, 2.24) is 4.98 Å². The number of aromatic nitrogens is 1. The number of benzene rings is 2. The Balaban J connectivity index is 2.11. The molecule has 0 bridgehead atoms. The van der Waals surface area contributed by atoms with Crippen LogP contribution in [0.4, 0.5) is 11.4 Å². The molecule has 0 atom stereocenters. The molecule has 0 saturated heterocycles. The third kappa shape index (κ3) is 3.03. The summed E-state index contributed by atoms with van der Waals surface area (Å²) in [5.74, 6) is 0. The van der Waals surface area contributed by atoms with Crippen molar-refractivity contribution in [3.05, 3.63) is 42.5 Å². The van der Waals surface area contributed by atoms with Crippen LogP contribution in [0.5, 0.6) is 0 Å². The summed E-state index contributed by atoms with van der Waals surface area (Å²) in [7, 11) is 0. The fourth-order valence-electron chi connectivity index (χ4n) is 3.39. The molecule has 126 valence electrons. The number of anilines is 2. The van der Waals surface area contributed by atoms with Gasteiger partial charge in [-0.25, -0.2) is 4.98 Å². The summed E-state index contributed by atoms with van der Waals surface area (Å²) in [6.45, 7) is 12.9. The Morgan fingerprint density at radius 2 is 1.04 bits per heavy atom. The maximum Gasteiger partial charge on any atom is 0.0711 e. The Morgan fingerprint density at radius 1 is 0.625 bits per heavy atom. The molecule has 0 radical (unpaired) electrons. The van der Waals surface area contributed by atoms with Crippen LogP contribution in [-0.4, -0.2) is 31.2 Å². The predicted octanol–water partition coefficient (Wildman–Crippen LogP) is 5.08. The van der Waals surface area contributed by atoms with Gasteiger partial charge in [-0.15, -0.1) is 0 Å². The van der Waals surface area contributed by atoms with Gasteiger partial charge in [0.2, 0.25) is 0 Å². The van der Waals surface area contributed by atoms with Crippen molar-refractivity contribution in [3.8, 4) is 0 Å². The van der Waals surface area contributed by atoms with Crippen LogP contribution in [0.3, 0.4) is 0 Å². The average Bonchev–Trinajstić information content (AvgIpc) is 2.62. The zero-order chi connectivity index (χ0) is 17.1. The summed E-state index contributed by atoms with van der Waals surface area (Å²) >= 11 is 0. The second-order valence-electron chi connectivity index (χ2n) is 6.09. The number of pyridine rings is 1. The third-order valence-electron chi connectivity index (χ3n) is 4.83. The van der Waals surface area contributed by atoms with E-state index in [0.29, 0.717) is 0 Å². The van der Waals surface area contributed by atoms with E-state index in [1.165, 1.54) is 22.1 Å². The minimum Gasteiger partial charge on any atom is -0.372 e. The monoisotopic (exact) mass is 321 g/mol. The molecule has 3 heteroatoms. The molecule has 0 spiro atoms. The molecule has 24 heavy (non-hydrogen) atoms.